The van der Waals surface area contributed by atoms with E-state index in [1.165, 1.54) is 5.57 Å². The van der Waals surface area contributed by atoms with Gasteiger partial charge in [-0.25, -0.2) is 0 Å². The van der Waals surface area contributed by atoms with Crippen LogP contribution in [0, 0.1) is 16.7 Å². The minimum Gasteiger partial charge on any atom is -0.396 e. The van der Waals surface area contributed by atoms with Crippen LogP contribution >= 0.6 is 0 Å². The van der Waals surface area contributed by atoms with Crippen LogP contribution in [0.5, 0.6) is 0 Å². The Morgan fingerprint density at radius 3 is 2.22 bits per heavy atom. The van der Waals surface area contributed by atoms with Crippen LogP contribution in [0.1, 0.15) is 85.0 Å². The maximum atomic E-state index is 13.8. The van der Waals surface area contributed by atoms with E-state index >= 15 is 0 Å². The molecule has 2 saturated heterocycles. The number of carbonyl (C=O) groups excluding carboxylic acids is 2. The molecule has 0 aromatic heterocycles. The molecule has 1 spiro atoms. The van der Waals surface area contributed by atoms with E-state index in [0.29, 0.717) is 13.0 Å². The topological polar surface area (TPSA) is 113 Å². The Bertz CT molecular complexity index is 901. The van der Waals surface area contributed by atoms with Crippen LogP contribution in [0.25, 0.3) is 0 Å². The molecule has 4 aliphatic carbocycles. The molecule has 208 valence electrons. The normalized spacial score (nSPS) is 43.8. The minimum absolute atomic E-state index is 0.0742. The number of epoxide rings is 2. The molecule has 0 unspecified atom stereocenters. The van der Waals surface area contributed by atoms with E-state index in [9.17, 15) is 9.59 Å². The molecule has 2 amide bonds. The third-order valence-electron chi connectivity index (χ3n) is 10.4. The Morgan fingerprint density at radius 1 is 1.05 bits per heavy atom. The first-order chi connectivity index (χ1) is 17.6. The van der Waals surface area contributed by atoms with Gasteiger partial charge in [-0.15, -0.1) is 0 Å². The van der Waals surface area contributed by atoms with Gasteiger partial charge in [0.2, 0.25) is 11.8 Å². The van der Waals surface area contributed by atoms with Crippen molar-refractivity contribution in [1.82, 2.24) is 10.6 Å². The lowest BCUT2D eigenvalue weighted by Crippen LogP contribution is -2.62. The molecule has 0 aromatic rings. The summed E-state index contributed by atoms with van der Waals surface area (Å²) < 4.78 is 18.5. The SMILES string of the molecule is CO[C@@H]1[C@H](NC(=O)C23CCC(C(=O)NCCCO)(CC2)CC3)CC[C@]2(CO2)[C@H]1[C@]1(C)O[C@@H]1CC=C(C)C. The highest BCUT2D eigenvalue weighted by atomic mass is 16.6. The summed E-state index contributed by atoms with van der Waals surface area (Å²) in [6.45, 7) is 7.73. The van der Waals surface area contributed by atoms with Crippen LogP contribution in [0.15, 0.2) is 11.6 Å². The zero-order chi connectivity index (χ0) is 26.5. The highest BCUT2D eigenvalue weighted by Crippen LogP contribution is 2.60. The molecule has 8 nitrogen and oxygen atoms in total. The van der Waals surface area contributed by atoms with E-state index in [-0.39, 0.29) is 59.2 Å². The molecule has 3 N–H and O–H groups in total. The monoisotopic (exact) mass is 518 g/mol. The summed E-state index contributed by atoms with van der Waals surface area (Å²) >= 11 is 0. The maximum absolute atomic E-state index is 13.8. The number of hydrogen-bond acceptors (Lipinski definition) is 6. The number of amides is 2. The zero-order valence-electron chi connectivity index (χ0n) is 23.1. The van der Waals surface area contributed by atoms with Gasteiger partial charge in [0.05, 0.1) is 30.5 Å². The molecule has 6 rings (SSSR count). The van der Waals surface area contributed by atoms with Crippen LogP contribution in [-0.4, -0.2) is 73.2 Å². The van der Waals surface area contributed by atoms with Crippen LogP contribution in [-0.2, 0) is 23.8 Å². The van der Waals surface area contributed by atoms with Crippen LogP contribution in [0.2, 0.25) is 0 Å². The highest BCUT2D eigenvalue weighted by molar-refractivity contribution is 5.87. The molecule has 0 radical (unpaired) electrons. The Balaban J connectivity index is 1.24. The van der Waals surface area contributed by atoms with E-state index in [1.807, 2.05) is 0 Å². The van der Waals surface area contributed by atoms with Crippen molar-refractivity contribution in [3.8, 4) is 0 Å². The molecule has 2 heterocycles. The molecule has 2 bridgehead atoms. The standard InChI is InChI=1S/C29H46N2O6/c1-19(2)6-7-21-26(3,37-21)23-22(35-4)20(8-9-29(23)18-36-29)31-25(34)28-13-10-27(11-14-28,12-15-28)24(33)30-16-5-17-32/h6,20-23,32H,5,7-18H2,1-4H3,(H,30,33)(H,31,34)/t20-,21-,22-,23-,26-,27?,28?,29+/m1/s1. The molecule has 0 aromatic carbocycles. The number of hydrogen-bond donors (Lipinski definition) is 3. The number of rotatable bonds is 10. The van der Waals surface area contributed by atoms with Gasteiger partial charge in [0.1, 0.15) is 5.60 Å². The Labute approximate surface area is 221 Å². The predicted molar refractivity (Wildman–Crippen MR) is 139 cm³/mol. The third kappa shape index (κ3) is 4.77. The summed E-state index contributed by atoms with van der Waals surface area (Å²) in [7, 11) is 1.75. The molecule has 4 saturated carbocycles. The maximum Gasteiger partial charge on any atom is 0.226 e. The lowest BCUT2D eigenvalue weighted by Gasteiger charge is -2.52. The van der Waals surface area contributed by atoms with Crippen molar-refractivity contribution in [2.75, 3.05) is 26.9 Å². The fourth-order valence-corrected chi connectivity index (χ4v) is 7.80. The van der Waals surface area contributed by atoms with Gasteiger partial charge < -0.3 is 30.0 Å². The largest absolute Gasteiger partial charge is 0.396 e. The molecule has 8 heteroatoms. The van der Waals surface area contributed by atoms with Crippen molar-refractivity contribution in [2.24, 2.45) is 16.7 Å². The number of aliphatic hydroxyl groups is 1. The van der Waals surface area contributed by atoms with Gasteiger partial charge in [0.15, 0.2) is 0 Å². The van der Waals surface area contributed by atoms with Gasteiger partial charge in [-0.1, -0.05) is 11.6 Å². The number of nitrogens with one attached hydrogen (secondary N) is 2. The summed E-state index contributed by atoms with van der Waals surface area (Å²) in [5, 5.41) is 15.5. The Morgan fingerprint density at radius 2 is 1.68 bits per heavy atom. The first kappa shape index (κ1) is 27.1. The minimum atomic E-state index is -0.391. The Kier molecular flexibility index (Phi) is 7.27. The van der Waals surface area contributed by atoms with Gasteiger partial charge in [-0.2, -0.15) is 0 Å². The van der Waals surface area contributed by atoms with Gasteiger partial charge in [-0.05, 0) is 85.0 Å². The lowest BCUT2D eigenvalue weighted by molar-refractivity contribution is -0.153. The van der Waals surface area contributed by atoms with E-state index in [0.717, 1.165) is 64.4 Å². The third-order valence-corrected chi connectivity index (χ3v) is 10.4. The van der Waals surface area contributed by atoms with Gasteiger partial charge in [-0.3, -0.25) is 9.59 Å². The number of aliphatic hydroxyl groups excluding tert-OH is 1. The number of methoxy groups -OCH3 is 1. The zero-order valence-corrected chi connectivity index (χ0v) is 23.1. The quantitative estimate of drug-likeness (QED) is 0.233. The first-order valence-corrected chi connectivity index (χ1v) is 14.3. The van der Waals surface area contributed by atoms with Crippen molar-refractivity contribution >= 4 is 11.8 Å². The van der Waals surface area contributed by atoms with Crippen LogP contribution in [0.3, 0.4) is 0 Å². The molecule has 6 aliphatic rings. The summed E-state index contributed by atoms with van der Waals surface area (Å²) in [5.74, 6) is 0.298. The predicted octanol–water partition coefficient (Wildman–Crippen LogP) is 3.02. The van der Waals surface area contributed by atoms with Crippen LogP contribution in [0.4, 0.5) is 0 Å². The number of carbonyl (C=O) groups is 2. The average Bonchev–Trinajstić information content (AvgIpc) is 3.81. The number of allylic oxidation sites excluding steroid dienone is 1. The summed E-state index contributed by atoms with van der Waals surface area (Å²) in [6.07, 6.45) is 9.91. The number of fused-ring (bicyclic) bond motifs is 3. The second-order valence-electron chi connectivity index (χ2n) is 12.9. The second kappa shape index (κ2) is 9.92. The molecule has 37 heavy (non-hydrogen) atoms. The summed E-state index contributed by atoms with van der Waals surface area (Å²) in [4.78, 5) is 26.7. The van der Waals surface area contributed by atoms with Crippen molar-refractivity contribution in [3.63, 3.8) is 0 Å². The van der Waals surface area contributed by atoms with Crippen molar-refractivity contribution in [3.05, 3.63) is 11.6 Å². The van der Waals surface area contributed by atoms with Gasteiger partial charge in [0, 0.05) is 37.0 Å². The van der Waals surface area contributed by atoms with E-state index < -0.39 is 5.41 Å². The fourth-order valence-electron chi connectivity index (χ4n) is 7.80. The highest BCUT2D eigenvalue weighted by Gasteiger charge is 2.72. The van der Waals surface area contributed by atoms with Crippen molar-refractivity contribution < 1.29 is 28.9 Å². The van der Waals surface area contributed by atoms with E-state index in [2.05, 4.69) is 37.5 Å². The second-order valence-corrected chi connectivity index (χ2v) is 12.9. The molecule has 6 fully saturated rings. The smallest absolute Gasteiger partial charge is 0.226 e. The van der Waals surface area contributed by atoms with E-state index in [4.69, 9.17) is 19.3 Å². The first-order valence-electron chi connectivity index (χ1n) is 14.3. The average molecular weight is 519 g/mol. The molecular formula is C29H46N2O6. The van der Waals surface area contributed by atoms with E-state index in [1.54, 1.807) is 7.11 Å². The van der Waals surface area contributed by atoms with Crippen LogP contribution < -0.4 is 10.6 Å². The molecule has 2 aliphatic heterocycles. The molecule has 6 atom stereocenters. The lowest BCUT2D eigenvalue weighted by atomic mass is 9.53. The molecular weight excluding hydrogens is 472 g/mol. The fraction of sp³-hybridized carbons (Fsp3) is 0.862. The number of ether oxygens (including phenoxy) is 3. The summed E-state index contributed by atoms with van der Waals surface area (Å²) in [5.41, 5.74) is 0.0314. The van der Waals surface area contributed by atoms with Crippen molar-refractivity contribution in [2.45, 2.75) is 114 Å². The van der Waals surface area contributed by atoms with Crippen molar-refractivity contribution in [1.29, 1.82) is 0 Å². The van der Waals surface area contributed by atoms with Gasteiger partial charge >= 0.3 is 0 Å². The summed E-state index contributed by atoms with van der Waals surface area (Å²) in [6, 6.07) is -0.0766. The Hall–Kier alpha value is -1.48. The van der Waals surface area contributed by atoms with Gasteiger partial charge in [0.25, 0.3) is 0 Å².